The van der Waals surface area contributed by atoms with Crippen molar-refractivity contribution in [2.24, 2.45) is 0 Å². The molecule has 1 aliphatic rings. The van der Waals surface area contributed by atoms with Crippen LogP contribution < -0.4 is 5.32 Å². The lowest BCUT2D eigenvalue weighted by molar-refractivity contribution is 0.608. The van der Waals surface area contributed by atoms with Gasteiger partial charge in [0.15, 0.2) is 0 Å². The number of thiophene rings is 1. The van der Waals surface area contributed by atoms with Gasteiger partial charge in [0.1, 0.15) is 0 Å². The first kappa shape index (κ1) is 15.4. The van der Waals surface area contributed by atoms with Crippen LogP contribution in [0.3, 0.4) is 0 Å². The molecule has 4 heteroatoms. The molecule has 1 aromatic carbocycles. The van der Waals surface area contributed by atoms with Gasteiger partial charge in [-0.25, -0.2) is 0 Å². The SMILES string of the molecule is C=CCSc1ccccc1NC1CCCc2sc(I)cc21. The van der Waals surface area contributed by atoms with Gasteiger partial charge >= 0.3 is 0 Å². The monoisotopic (exact) mass is 427 g/mol. The first-order chi connectivity index (χ1) is 10.3. The van der Waals surface area contributed by atoms with Gasteiger partial charge in [-0.05, 0) is 65.6 Å². The van der Waals surface area contributed by atoms with Gasteiger partial charge in [-0.1, -0.05) is 18.2 Å². The molecule has 3 rings (SSSR count). The molecule has 2 aromatic rings. The summed E-state index contributed by atoms with van der Waals surface area (Å²) in [7, 11) is 0. The maximum Gasteiger partial charge on any atom is 0.0660 e. The van der Waals surface area contributed by atoms with E-state index in [1.165, 1.54) is 38.3 Å². The number of thioether (sulfide) groups is 1. The summed E-state index contributed by atoms with van der Waals surface area (Å²) in [4.78, 5) is 2.88. The second-order valence-electron chi connectivity index (χ2n) is 5.11. The van der Waals surface area contributed by atoms with E-state index in [0.717, 1.165) is 5.75 Å². The van der Waals surface area contributed by atoms with Gasteiger partial charge in [0.2, 0.25) is 0 Å². The van der Waals surface area contributed by atoms with Crippen LogP contribution >= 0.6 is 45.7 Å². The third-order valence-electron chi connectivity index (χ3n) is 3.66. The molecule has 0 radical (unpaired) electrons. The lowest BCUT2D eigenvalue weighted by Gasteiger charge is -2.25. The Morgan fingerprint density at radius 3 is 3.14 bits per heavy atom. The molecule has 1 atom stereocenters. The molecule has 1 aliphatic carbocycles. The zero-order valence-electron chi connectivity index (χ0n) is 11.8. The Morgan fingerprint density at radius 1 is 1.43 bits per heavy atom. The van der Waals surface area contributed by atoms with Crippen LogP contribution in [0, 0.1) is 2.88 Å². The van der Waals surface area contributed by atoms with E-state index in [1.807, 2.05) is 29.2 Å². The maximum absolute atomic E-state index is 3.81. The van der Waals surface area contributed by atoms with Crippen LogP contribution in [0.25, 0.3) is 0 Å². The summed E-state index contributed by atoms with van der Waals surface area (Å²) >= 11 is 6.24. The quantitative estimate of drug-likeness (QED) is 0.351. The molecule has 1 unspecified atom stereocenters. The van der Waals surface area contributed by atoms with Crippen molar-refractivity contribution in [1.29, 1.82) is 0 Å². The van der Waals surface area contributed by atoms with Gasteiger partial charge in [-0.3, -0.25) is 0 Å². The Morgan fingerprint density at radius 2 is 2.29 bits per heavy atom. The van der Waals surface area contributed by atoms with E-state index >= 15 is 0 Å². The molecular weight excluding hydrogens is 409 g/mol. The highest BCUT2D eigenvalue weighted by Gasteiger charge is 2.23. The Kier molecular flexibility index (Phi) is 5.29. The molecule has 1 heterocycles. The Labute approximate surface area is 148 Å². The minimum atomic E-state index is 0.457. The first-order valence-corrected chi connectivity index (χ1v) is 10.0. The Hall–Kier alpha value is -0.460. The number of nitrogens with one attached hydrogen (secondary N) is 1. The van der Waals surface area contributed by atoms with E-state index in [-0.39, 0.29) is 0 Å². The molecule has 0 amide bonds. The number of rotatable bonds is 5. The number of hydrogen-bond donors (Lipinski definition) is 1. The molecule has 0 spiro atoms. The standard InChI is InChI=1S/C17H18INS2/c1-2-10-20-16-8-4-3-6-14(16)19-13-7-5-9-15-12(13)11-17(18)21-15/h2-4,6,8,11,13,19H,1,5,7,9-10H2. The second kappa shape index (κ2) is 7.20. The van der Waals surface area contributed by atoms with Crippen LogP contribution in [0.4, 0.5) is 5.69 Å². The van der Waals surface area contributed by atoms with Crippen molar-refractivity contribution in [3.05, 3.63) is 56.3 Å². The normalized spacial score (nSPS) is 17.3. The Balaban J connectivity index is 1.83. The largest absolute Gasteiger partial charge is 0.377 e. The molecule has 1 nitrogen and oxygen atoms in total. The van der Waals surface area contributed by atoms with Gasteiger partial charge in [0.05, 0.1) is 8.93 Å². The molecule has 1 aromatic heterocycles. The van der Waals surface area contributed by atoms with Gasteiger partial charge in [0, 0.05) is 21.2 Å². The molecule has 0 saturated heterocycles. The number of aryl methyl sites for hydroxylation is 1. The van der Waals surface area contributed by atoms with E-state index < -0.39 is 0 Å². The molecule has 0 bridgehead atoms. The van der Waals surface area contributed by atoms with Crippen LogP contribution in [-0.2, 0) is 6.42 Å². The second-order valence-corrected chi connectivity index (χ2v) is 9.21. The van der Waals surface area contributed by atoms with E-state index in [9.17, 15) is 0 Å². The third kappa shape index (κ3) is 3.66. The summed E-state index contributed by atoms with van der Waals surface area (Å²) in [5.74, 6) is 0.949. The topological polar surface area (TPSA) is 12.0 Å². The molecule has 21 heavy (non-hydrogen) atoms. The highest BCUT2D eigenvalue weighted by molar-refractivity contribution is 14.1. The van der Waals surface area contributed by atoms with Crippen LogP contribution in [0.5, 0.6) is 0 Å². The van der Waals surface area contributed by atoms with Crippen molar-refractivity contribution in [3.8, 4) is 0 Å². The van der Waals surface area contributed by atoms with Crippen molar-refractivity contribution in [2.45, 2.75) is 30.2 Å². The van der Waals surface area contributed by atoms with Crippen LogP contribution in [0.2, 0.25) is 0 Å². The smallest absolute Gasteiger partial charge is 0.0660 e. The predicted molar refractivity (Wildman–Crippen MR) is 104 cm³/mol. The fourth-order valence-electron chi connectivity index (χ4n) is 2.72. The predicted octanol–water partition coefficient (Wildman–Crippen LogP) is 6.12. The third-order valence-corrected chi connectivity index (χ3v) is 6.70. The van der Waals surface area contributed by atoms with E-state index in [2.05, 4.69) is 64.8 Å². The lowest BCUT2D eigenvalue weighted by Crippen LogP contribution is -2.16. The molecule has 0 fully saturated rings. The van der Waals surface area contributed by atoms with Gasteiger partial charge in [0.25, 0.3) is 0 Å². The van der Waals surface area contributed by atoms with Crippen molar-refractivity contribution in [2.75, 3.05) is 11.1 Å². The highest BCUT2D eigenvalue weighted by Crippen LogP contribution is 2.39. The summed E-state index contributed by atoms with van der Waals surface area (Å²) in [5.41, 5.74) is 2.77. The Bertz CT molecular complexity index is 635. The summed E-state index contributed by atoms with van der Waals surface area (Å²) < 4.78 is 1.40. The molecular formula is C17H18INS2. The molecule has 0 saturated carbocycles. The average molecular weight is 427 g/mol. The van der Waals surface area contributed by atoms with E-state index in [0.29, 0.717) is 6.04 Å². The minimum Gasteiger partial charge on any atom is -0.377 e. The van der Waals surface area contributed by atoms with Crippen LogP contribution in [-0.4, -0.2) is 5.75 Å². The molecule has 1 N–H and O–H groups in total. The number of halogens is 1. The van der Waals surface area contributed by atoms with Crippen molar-refractivity contribution >= 4 is 51.4 Å². The zero-order chi connectivity index (χ0) is 14.7. The van der Waals surface area contributed by atoms with Gasteiger partial charge in [-0.2, -0.15) is 0 Å². The van der Waals surface area contributed by atoms with Gasteiger partial charge < -0.3 is 5.32 Å². The van der Waals surface area contributed by atoms with Crippen molar-refractivity contribution in [1.82, 2.24) is 0 Å². The maximum atomic E-state index is 3.81. The fraction of sp³-hybridized carbons (Fsp3) is 0.294. The highest BCUT2D eigenvalue weighted by atomic mass is 127. The number of para-hydroxylation sites is 1. The van der Waals surface area contributed by atoms with E-state index in [4.69, 9.17) is 0 Å². The summed E-state index contributed by atoms with van der Waals surface area (Å²) in [6.45, 7) is 3.81. The minimum absolute atomic E-state index is 0.457. The zero-order valence-corrected chi connectivity index (χ0v) is 15.6. The lowest BCUT2D eigenvalue weighted by atomic mass is 9.94. The number of hydrogen-bond acceptors (Lipinski definition) is 3. The van der Waals surface area contributed by atoms with Crippen molar-refractivity contribution in [3.63, 3.8) is 0 Å². The summed E-state index contributed by atoms with van der Waals surface area (Å²) in [6.07, 6.45) is 5.71. The molecule has 0 aliphatic heterocycles. The molecule has 110 valence electrons. The number of fused-ring (bicyclic) bond motifs is 1. The first-order valence-electron chi connectivity index (χ1n) is 7.15. The number of benzene rings is 1. The van der Waals surface area contributed by atoms with E-state index in [1.54, 1.807) is 4.88 Å². The van der Waals surface area contributed by atoms with Crippen LogP contribution in [0.1, 0.15) is 29.3 Å². The summed E-state index contributed by atoms with van der Waals surface area (Å²) in [6, 6.07) is 11.4. The summed E-state index contributed by atoms with van der Waals surface area (Å²) in [5, 5.41) is 3.78. The van der Waals surface area contributed by atoms with Crippen molar-refractivity contribution < 1.29 is 0 Å². The number of anilines is 1. The fourth-order valence-corrected chi connectivity index (χ4v) is 5.59. The average Bonchev–Trinajstić information content (AvgIpc) is 2.88. The van der Waals surface area contributed by atoms with Crippen LogP contribution in [0.15, 0.2) is 47.9 Å². The van der Waals surface area contributed by atoms with Gasteiger partial charge in [-0.15, -0.1) is 29.7 Å².